The van der Waals surface area contributed by atoms with Crippen molar-refractivity contribution in [2.24, 2.45) is 0 Å². The fourth-order valence-electron chi connectivity index (χ4n) is 2.07. The van der Waals surface area contributed by atoms with Crippen LogP contribution in [0.25, 0.3) is 0 Å². The van der Waals surface area contributed by atoms with Crippen molar-refractivity contribution < 1.29 is 19.2 Å². The van der Waals surface area contributed by atoms with Crippen molar-refractivity contribution in [3.05, 3.63) is 68.2 Å². The molecule has 0 bridgehead atoms. The Morgan fingerprint density at radius 1 is 1.20 bits per heavy atom. The van der Waals surface area contributed by atoms with Crippen LogP contribution in [0.4, 0.5) is 11.4 Å². The number of nitro groups is 1. The fraction of sp³-hybridized carbons (Fsp3) is 0.176. The van der Waals surface area contributed by atoms with Crippen LogP contribution in [0.15, 0.2) is 36.4 Å². The quantitative estimate of drug-likeness (QED) is 0.497. The molecule has 0 radical (unpaired) electrons. The van der Waals surface area contributed by atoms with Crippen LogP contribution in [0.3, 0.4) is 0 Å². The Morgan fingerprint density at radius 3 is 2.48 bits per heavy atom. The molecule has 8 heteroatoms. The maximum atomic E-state index is 12.0. The third-order valence-electron chi connectivity index (χ3n) is 3.51. The van der Waals surface area contributed by atoms with E-state index in [2.05, 4.69) is 5.32 Å². The normalized spacial score (nSPS) is 10.2. The van der Waals surface area contributed by atoms with E-state index in [4.69, 9.17) is 16.3 Å². The van der Waals surface area contributed by atoms with E-state index in [-0.39, 0.29) is 22.0 Å². The molecule has 130 valence electrons. The summed E-state index contributed by atoms with van der Waals surface area (Å²) < 4.78 is 4.89. The summed E-state index contributed by atoms with van der Waals surface area (Å²) in [6.07, 6.45) is 0. The molecule has 7 nitrogen and oxygen atoms in total. The second-order valence-electron chi connectivity index (χ2n) is 5.31. The minimum atomic E-state index is -0.754. The maximum Gasteiger partial charge on any atom is 0.340 e. The van der Waals surface area contributed by atoms with Gasteiger partial charge in [0.05, 0.1) is 15.5 Å². The number of hydrogen-bond donors (Lipinski definition) is 1. The zero-order valence-electron chi connectivity index (χ0n) is 13.5. The Kier molecular flexibility index (Phi) is 5.71. The van der Waals surface area contributed by atoms with Gasteiger partial charge in [-0.25, -0.2) is 4.79 Å². The molecule has 0 atom stereocenters. The average molecular weight is 363 g/mol. The molecule has 1 N–H and O–H groups in total. The van der Waals surface area contributed by atoms with Crippen LogP contribution in [-0.4, -0.2) is 23.4 Å². The van der Waals surface area contributed by atoms with Crippen LogP contribution in [0.2, 0.25) is 5.02 Å². The van der Waals surface area contributed by atoms with Gasteiger partial charge in [0.25, 0.3) is 11.6 Å². The first-order chi connectivity index (χ1) is 11.8. The Labute approximate surface area is 148 Å². The van der Waals surface area contributed by atoms with Crippen molar-refractivity contribution in [1.82, 2.24) is 0 Å². The van der Waals surface area contributed by atoms with Crippen molar-refractivity contribution in [3.8, 4) is 0 Å². The van der Waals surface area contributed by atoms with Gasteiger partial charge in [0.15, 0.2) is 6.61 Å². The number of carbonyl (C=O) groups excluding carboxylic acids is 2. The number of halogens is 1. The average Bonchev–Trinajstić information content (AvgIpc) is 2.56. The van der Waals surface area contributed by atoms with Gasteiger partial charge in [-0.1, -0.05) is 23.7 Å². The summed E-state index contributed by atoms with van der Waals surface area (Å²) in [5.41, 5.74) is 1.47. The van der Waals surface area contributed by atoms with E-state index in [1.54, 1.807) is 26.0 Å². The zero-order valence-corrected chi connectivity index (χ0v) is 14.3. The van der Waals surface area contributed by atoms with Crippen LogP contribution in [0.5, 0.6) is 0 Å². The number of rotatable bonds is 5. The van der Waals surface area contributed by atoms with Crippen LogP contribution in [0, 0.1) is 24.0 Å². The number of esters is 1. The summed E-state index contributed by atoms with van der Waals surface area (Å²) in [6, 6.07) is 9.14. The molecule has 0 unspecified atom stereocenters. The van der Waals surface area contributed by atoms with Crippen molar-refractivity contribution in [2.45, 2.75) is 13.8 Å². The molecule has 1 amide bonds. The topological polar surface area (TPSA) is 98.5 Å². The zero-order chi connectivity index (χ0) is 18.6. The van der Waals surface area contributed by atoms with E-state index in [0.29, 0.717) is 0 Å². The molecule has 2 aromatic rings. The standard InChI is InChI=1S/C17H15ClN2O5/c1-10-7-14(15(20(23)24)8-11(10)2)19-16(21)9-25-17(22)12-5-3-4-6-13(12)18/h3-8H,9H2,1-2H3,(H,19,21). The third-order valence-corrected chi connectivity index (χ3v) is 3.84. The fourth-order valence-corrected chi connectivity index (χ4v) is 2.29. The lowest BCUT2D eigenvalue weighted by molar-refractivity contribution is -0.384. The Morgan fingerprint density at radius 2 is 1.84 bits per heavy atom. The van der Waals surface area contributed by atoms with Gasteiger partial charge in [0.2, 0.25) is 0 Å². The van der Waals surface area contributed by atoms with Gasteiger partial charge in [-0.2, -0.15) is 0 Å². The minimum Gasteiger partial charge on any atom is -0.452 e. The van der Waals surface area contributed by atoms with Crippen molar-refractivity contribution in [1.29, 1.82) is 0 Å². The number of amides is 1. The van der Waals surface area contributed by atoms with Crippen LogP contribution >= 0.6 is 11.6 Å². The summed E-state index contributed by atoms with van der Waals surface area (Å²) in [6.45, 7) is 2.92. The SMILES string of the molecule is Cc1cc(NC(=O)COC(=O)c2ccccc2Cl)c([N+](=O)[O-])cc1C. The van der Waals surface area contributed by atoms with E-state index < -0.39 is 23.4 Å². The van der Waals surface area contributed by atoms with Gasteiger partial charge in [-0.3, -0.25) is 14.9 Å². The van der Waals surface area contributed by atoms with Gasteiger partial charge in [-0.05, 0) is 43.2 Å². The molecule has 0 aromatic heterocycles. The molecule has 0 heterocycles. The predicted octanol–water partition coefficient (Wildman–Crippen LogP) is 3.66. The number of aryl methyl sites for hydroxylation is 2. The first kappa shape index (κ1) is 18.4. The van der Waals surface area contributed by atoms with Gasteiger partial charge in [0.1, 0.15) is 5.69 Å². The highest BCUT2D eigenvalue weighted by molar-refractivity contribution is 6.33. The van der Waals surface area contributed by atoms with Gasteiger partial charge in [0, 0.05) is 6.07 Å². The van der Waals surface area contributed by atoms with E-state index in [9.17, 15) is 19.7 Å². The van der Waals surface area contributed by atoms with Crippen molar-refractivity contribution in [2.75, 3.05) is 11.9 Å². The highest BCUT2D eigenvalue weighted by Gasteiger charge is 2.19. The van der Waals surface area contributed by atoms with E-state index in [0.717, 1.165) is 11.1 Å². The third kappa shape index (κ3) is 4.54. The number of nitro benzene ring substituents is 1. The number of nitrogens with one attached hydrogen (secondary N) is 1. The van der Waals surface area contributed by atoms with Crippen LogP contribution in [-0.2, 0) is 9.53 Å². The molecule has 2 aromatic carbocycles. The summed E-state index contributed by atoms with van der Waals surface area (Å²) in [7, 11) is 0. The predicted molar refractivity (Wildman–Crippen MR) is 92.9 cm³/mol. The van der Waals surface area contributed by atoms with E-state index in [1.165, 1.54) is 24.3 Å². The molecule has 0 fully saturated rings. The lowest BCUT2D eigenvalue weighted by Crippen LogP contribution is -2.21. The monoisotopic (exact) mass is 362 g/mol. The number of ether oxygens (including phenoxy) is 1. The molecule has 0 saturated carbocycles. The molecule has 0 saturated heterocycles. The minimum absolute atomic E-state index is 0.0480. The highest BCUT2D eigenvalue weighted by Crippen LogP contribution is 2.27. The summed E-state index contributed by atoms with van der Waals surface area (Å²) >= 11 is 5.88. The maximum absolute atomic E-state index is 12.0. The van der Waals surface area contributed by atoms with Gasteiger partial charge < -0.3 is 10.1 Å². The Balaban J connectivity index is 2.06. The first-order valence-corrected chi connectivity index (χ1v) is 7.64. The lowest BCUT2D eigenvalue weighted by atomic mass is 10.1. The summed E-state index contributed by atoms with van der Waals surface area (Å²) in [5.74, 6) is -1.44. The number of anilines is 1. The van der Waals surface area contributed by atoms with Crippen molar-refractivity contribution in [3.63, 3.8) is 0 Å². The van der Waals surface area contributed by atoms with E-state index in [1.807, 2.05) is 0 Å². The smallest absolute Gasteiger partial charge is 0.340 e. The molecule has 0 spiro atoms. The Bertz CT molecular complexity index is 851. The second-order valence-corrected chi connectivity index (χ2v) is 5.72. The second kappa shape index (κ2) is 7.76. The number of carbonyl (C=O) groups is 2. The molecule has 0 aliphatic heterocycles. The highest BCUT2D eigenvalue weighted by atomic mass is 35.5. The summed E-state index contributed by atoms with van der Waals surface area (Å²) in [5, 5.41) is 13.7. The molecular formula is C17H15ClN2O5. The number of hydrogen-bond acceptors (Lipinski definition) is 5. The van der Waals surface area contributed by atoms with Crippen LogP contribution in [0.1, 0.15) is 21.5 Å². The molecular weight excluding hydrogens is 348 g/mol. The number of nitrogens with zero attached hydrogens (tertiary/aromatic N) is 1. The van der Waals surface area contributed by atoms with Gasteiger partial charge in [-0.15, -0.1) is 0 Å². The van der Waals surface area contributed by atoms with Crippen LogP contribution < -0.4 is 5.32 Å². The molecule has 25 heavy (non-hydrogen) atoms. The van der Waals surface area contributed by atoms with E-state index >= 15 is 0 Å². The Hall–Kier alpha value is -2.93. The molecule has 2 rings (SSSR count). The largest absolute Gasteiger partial charge is 0.452 e. The summed E-state index contributed by atoms with van der Waals surface area (Å²) in [4.78, 5) is 34.4. The molecule has 0 aliphatic carbocycles. The van der Waals surface area contributed by atoms with Crippen molar-refractivity contribution >= 4 is 34.9 Å². The van der Waals surface area contributed by atoms with Gasteiger partial charge >= 0.3 is 5.97 Å². The molecule has 0 aliphatic rings. The first-order valence-electron chi connectivity index (χ1n) is 7.26. The lowest BCUT2D eigenvalue weighted by Gasteiger charge is -2.09. The number of benzene rings is 2.